The van der Waals surface area contributed by atoms with Crippen molar-refractivity contribution in [3.63, 3.8) is 0 Å². The molecule has 1 aliphatic heterocycles. The fourth-order valence-corrected chi connectivity index (χ4v) is 10.9. The summed E-state index contributed by atoms with van der Waals surface area (Å²) in [5, 5.41) is 54.6. The largest absolute Gasteiger partial charge is 0.394 e. The molecule has 0 bridgehead atoms. The van der Waals surface area contributed by atoms with Gasteiger partial charge in [0.1, 0.15) is 24.4 Å². The lowest BCUT2D eigenvalue weighted by Gasteiger charge is -2.40. The maximum atomic E-state index is 13.1. The molecule has 0 saturated carbocycles. The third-order valence-corrected chi connectivity index (χ3v) is 16.3. The number of aliphatic hydroxyl groups excluding tert-OH is 5. The minimum atomic E-state index is -1.57. The predicted octanol–water partition coefficient (Wildman–Crippen LogP) is 18.8. The average molecular weight is 1140 g/mol. The van der Waals surface area contributed by atoms with Crippen LogP contribution in [-0.4, -0.2) is 87.5 Å². The molecule has 0 aliphatic carbocycles. The molecule has 0 radical (unpaired) electrons. The van der Waals surface area contributed by atoms with Crippen LogP contribution in [0, 0.1) is 0 Å². The Hall–Kier alpha value is -2.37. The van der Waals surface area contributed by atoms with E-state index in [-0.39, 0.29) is 12.5 Å². The van der Waals surface area contributed by atoms with Crippen LogP contribution in [-0.2, 0) is 14.3 Å². The van der Waals surface area contributed by atoms with Gasteiger partial charge in [-0.25, -0.2) is 0 Å². The molecule has 0 aromatic rings. The van der Waals surface area contributed by atoms with Gasteiger partial charge in [-0.1, -0.05) is 324 Å². The first-order valence-electron chi connectivity index (χ1n) is 34.7. The number of aliphatic hydroxyl groups is 5. The first kappa shape index (κ1) is 76.6. The predicted molar refractivity (Wildman–Crippen MR) is 345 cm³/mol. The van der Waals surface area contributed by atoms with Crippen LogP contribution in [0.2, 0.25) is 0 Å². The van der Waals surface area contributed by atoms with Crippen LogP contribution < -0.4 is 5.32 Å². The number of amides is 1. The minimum Gasteiger partial charge on any atom is -0.394 e. The standard InChI is InChI=1S/C72H131NO8/c1-3-5-7-9-11-13-15-17-19-21-22-23-24-25-26-27-28-29-30-31-32-33-34-35-36-37-38-39-40-41-42-43-44-46-48-50-52-54-56-58-60-62-68(76)73-65(64-80-72-71(79)70(78)69(77)67(63-74)81-72)66(75)61-59-57-55-53-51-49-47-45-20-18-16-14-12-10-8-6-4-2/h5,7,11,13,17,19,22-23,25-26,59,61,65-67,69-72,74-75,77-79H,3-4,6,8-10,12,14-16,18,20-21,24,27-58,60,62-64H2,1-2H3,(H,73,76)/b7-5-,13-11-,19-17-,23-22-,26-25-,61-59+. The zero-order valence-corrected chi connectivity index (χ0v) is 52.8. The topological polar surface area (TPSA) is 149 Å². The number of allylic oxidation sites excluding steroid dienone is 11. The maximum absolute atomic E-state index is 13.1. The smallest absolute Gasteiger partial charge is 0.220 e. The molecule has 1 saturated heterocycles. The molecule has 81 heavy (non-hydrogen) atoms. The summed E-state index contributed by atoms with van der Waals surface area (Å²) < 4.78 is 11.3. The van der Waals surface area contributed by atoms with Gasteiger partial charge in [-0.05, 0) is 64.2 Å². The summed E-state index contributed by atoms with van der Waals surface area (Å²) >= 11 is 0. The Morgan fingerprint density at radius 1 is 0.432 bits per heavy atom. The molecule has 6 N–H and O–H groups in total. The zero-order chi connectivity index (χ0) is 58.6. The fourth-order valence-electron chi connectivity index (χ4n) is 10.9. The van der Waals surface area contributed by atoms with Gasteiger partial charge >= 0.3 is 0 Å². The third kappa shape index (κ3) is 49.6. The van der Waals surface area contributed by atoms with Gasteiger partial charge in [0.05, 0.1) is 25.4 Å². The number of unbranched alkanes of at least 4 members (excludes halogenated alkanes) is 40. The lowest BCUT2D eigenvalue weighted by atomic mass is 9.99. The number of hydrogen-bond acceptors (Lipinski definition) is 8. The Bertz CT molecular complexity index is 1510. The Morgan fingerprint density at radius 3 is 1.14 bits per heavy atom. The molecule has 7 unspecified atom stereocenters. The first-order valence-corrected chi connectivity index (χ1v) is 34.7. The molecule has 0 spiro atoms. The SMILES string of the molecule is CC/C=C\C/C=C\C/C=C\C/C=C\C/C=C\CCCCCCCCCCCCCCCCCCCCCCCCCCCC(=O)NC(COC1OC(CO)C(O)C(O)C1O)C(O)/C=C/CCCCCCCCCCCCCCCCC. The van der Waals surface area contributed by atoms with Crippen molar-refractivity contribution in [1.29, 1.82) is 0 Å². The maximum Gasteiger partial charge on any atom is 0.220 e. The third-order valence-electron chi connectivity index (χ3n) is 16.3. The second-order valence-electron chi connectivity index (χ2n) is 23.9. The minimum absolute atomic E-state index is 0.172. The Morgan fingerprint density at radius 2 is 0.765 bits per heavy atom. The molecule has 1 fully saturated rings. The normalized spacial score (nSPS) is 18.8. The summed E-state index contributed by atoms with van der Waals surface area (Å²) in [5.74, 6) is -0.172. The van der Waals surface area contributed by atoms with E-state index >= 15 is 0 Å². The average Bonchev–Trinajstić information content (AvgIpc) is 3.49. The van der Waals surface area contributed by atoms with Gasteiger partial charge in [-0.2, -0.15) is 0 Å². The van der Waals surface area contributed by atoms with Gasteiger partial charge in [0.15, 0.2) is 6.29 Å². The fraction of sp³-hybridized carbons (Fsp3) is 0.819. The highest BCUT2D eigenvalue weighted by atomic mass is 16.7. The van der Waals surface area contributed by atoms with Crippen LogP contribution in [0.3, 0.4) is 0 Å². The molecule has 9 heteroatoms. The van der Waals surface area contributed by atoms with Gasteiger partial charge in [-0.15, -0.1) is 0 Å². The number of rotatable bonds is 60. The van der Waals surface area contributed by atoms with E-state index in [2.05, 4.69) is 79.9 Å². The second-order valence-corrected chi connectivity index (χ2v) is 23.9. The number of hydrogen-bond donors (Lipinski definition) is 6. The quantitative estimate of drug-likeness (QED) is 0.0261. The van der Waals surface area contributed by atoms with Gasteiger partial charge < -0.3 is 40.3 Å². The number of nitrogens with one attached hydrogen (secondary N) is 1. The molecule has 1 aliphatic rings. The van der Waals surface area contributed by atoms with Gasteiger partial charge in [0.25, 0.3) is 0 Å². The molecule has 0 aromatic carbocycles. The Labute approximate surface area is 499 Å². The van der Waals surface area contributed by atoms with Crippen LogP contribution >= 0.6 is 0 Å². The number of carbonyl (C=O) groups excluding carboxylic acids is 1. The summed E-state index contributed by atoms with van der Waals surface area (Å²) in [4.78, 5) is 13.1. The second kappa shape index (κ2) is 60.7. The summed E-state index contributed by atoms with van der Waals surface area (Å²) in [6, 6.07) is -0.805. The van der Waals surface area contributed by atoms with E-state index in [4.69, 9.17) is 9.47 Å². The lowest BCUT2D eigenvalue weighted by Crippen LogP contribution is -2.60. The van der Waals surface area contributed by atoms with Crippen LogP contribution in [0.1, 0.15) is 322 Å². The summed E-state index contributed by atoms with van der Waals surface area (Å²) in [5.41, 5.74) is 0. The summed E-state index contributed by atoms with van der Waals surface area (Å²) in [6.07, 6.45) is 78.7. The van der Waals surface area contributed by atoms with Crippen LogP contribution in [0.4, 0.5) is 0 Å². The van der Waals surface area contributed by atoms with Crippen LogP contribution in [0.5, 0.6) is 0 Å². The first-order chi connectivity index (χ1) is 39.8. The lowest BCUT2D eigenvalue weighted by molar-refractivity contribution is -0.302. The van der Waals surface area contributed by atoms with Crippen molar-refractivity contribution in [3.05, 3.63) is 72.9 Å². The molecule has 1 amide bonds. The van der Waals surface area contributed by atoms with E-state index in [9.17, 15) is 30.3 Å². The van der Waals surface area contributed by atoms with Gasteiger partial charge in [0, 0.05) is 6.42 Å². The molecule has 1 rings (SSSR count). The van der Waals surface area contributed by atoms with E-state index in [1.807, 2.05) is 6.08 Å². The highest BCUT2D eigenvalue weighted by molar-refractivity contribution is 5.76. The monoisotopic (exact) mass is 1140 g/mol. The Balaban J connectivity index is 2.04. The van der Waals surface area contributed by atoms with E-state index in [1.165, 1.54) is 231 Å². The van der Waals surface area contributed by atoms with Crippen molar-refractivity contribution in [1.82, 2.24) is 5.32 Å². The van der Waals surface area contributed by atoms with Gasteiger partial charge in [0.2, 0.25) is 5.91 Å². The molecular formula is C72H131NO8. The number of carbonyl (C=O) groups is 1. The van der Waals surface area contributed by atoms with Crippen molar-refractivity contribution < 1.29 is 39.8 Å². The van der Waals surface area contributed by atoms with E-state index < -0.39 is 49.5 Å². The van der Waals surface area contributed by atoms with Crippen molar-refractivity contribution in [3.8, 4) is 0 Å². The van der Waals surface area contributed by atoms with Crippen LogP contribution in [0.25, 0.3) is 0 Å². The molecule has 7 atom stereocenters. The number of ether oxygens (including phenoxy) is 2. The van der Waals surface area contributed by atoms with E-state index in [1.54, 1.807) is 6.08 Å². The van der Waals surface area contributed by atoms with Crippen molar-refractivity contribution in [2.75, 3.05) is 13.2 Å². The summed E-state index contributed by atoms with van der Waals surface area (Å²) in [7, 11) is 0. The van der Waals surface area contributed by atoms with Gasteiger partial charge in [-0.3, -0.25) is 4.79 Å². The van der Waals surface area contributed by atoms with Crippen molar-refractivity contribution in [2.45, 2.75) is 365 Å². The molecule has 1 heterocycles. The molecule has 472 valence electrons. The summed E-state index contributed by atoms with van der Waals surface area (Å²) in [6.45, 7) is 3.69. The van der Waals surface area contributed by atoms with E-state index in [0.29, 0.717) is 6.42 Å². The Kier molecular flexibility index (Phi) is 57.5. The molecule has 0 aromatic heterocycles. The highest BCUT2D eigenvalue weighted by Crippen LogP contribution is 2.23. The van der Waals surface area contributed by atoms with Crippen molar-refractivity contribution >= 4 is 5.91 Å². The molecule has 9 nitrogen and oxygen atoms in total. The van der Waals surface area contributed by atoms with Crippen LogP contribution in [0.15, 0.2) is 72.9 Å². The van der Waals surface area contributed by atoms with Crippen molar-refractivity contribution in [2.24, 2.45) is 0 Å². The zero-order valence-electron chi connectivity index (χ0n) is 52.8. The molecular weight excluding hydrogens is 1010 g/mol. The van der Waals surface area contributed by atoms with E-state index in [0.717, 1.165) is 70.6 Å². The highest BCUT2D eigenvalue weighted by Gasteiger charge is 2.44.